The molecule has 0 radical (unpaired) electrons. The Morgan fingerprint density at radius 3 is 2.00 bits per heavy atom. The molecule has 0 fully saturated rings. The van der Waals surface area contributed by atoms with E-state index in [4.69, 9.17) is 8.83 Å². The van der Waals surface area contributed by atoms with Gasteiger partial charge in [0.1, 0.15) is 22.5 Å². The lowest BCUT2D eigenvalue weighted by Gasteiger charge is -2.21. The van der Waals surface area contributed by atoms with E-state index in [0.717, 1.165) is 0 Å². The van der Waals surface area contributed by atoms with Crippen molar-refractivity contribution in [3.05, 3.63) is 35.7 Å². The summed E-state index contributed by atoms with van der Waals surface area (Å²) >= 11 is 0. The average molecular weight is 380 g/mol. The van der Waals surface area contributed by atoms with Crippen molar-refractivity contribution >= 4 is 22.2 Å². The molecule has 146 valence electrons. The van der Waals surface area contributed by atoms with Crippen LogP contribution in [0, 0.1) is 0 Å². The smallest absolute Gasteiger partial charge is 0.231 e. The molecule has 2 heterocycles. The number of aromatic nitrogens is 2. The molecule has 0 saturated carbocycles. The summed E-state index contributed by atoms with van der Waals surface area (Å²) in [5.41, 5.74) is 2.94. The van der Waals surface area contributed by atoms with Gasteiger partial charge in [0.05, 0.1) is 5.56 Å². The van der Waals surface area contributed by atoms with Crippen LogP contribution in [0.3, 0.4) is 0 Å². The van der Waals surface area contributed by atoms with Crippen LogP contribution in [0.4, 0.5) is 0 Å². The van der Waals surface area contributed by atoms with Crippen molar-refractivity contribution in [2.75, 3.05) is 0 Å². The topological polar surface area (TPSA) is 92.5 Å². The normalized spacial score (nSPS) is 12.9. The molecule has 2 aromatic heterocycles. The standard InChI is InChI=1S/C22H24N2O4/c1-21(2,3)12-8-15(25)11(7-16(12)26)19-23-13-9-14-18(10-17(13)27-19)28-20(24-14)22(4,5)6/h7-10,25-26H,1-6H3. The highest BCUT2D eigenvalue weighted by atomic mass is 16.4. The summed E-state index contributed by atoms with van der Waals surface area (Å²) in [6.45, 7) is 12.0. The number of hydrogen-bond donors (Lipinski definition) is 2. The molecule has 0 aliphatic rings. The third-order valence-electron chi connectivity index (χ3n) is 4.69. The van der Waals surface area contributed by atoms with Crippen LogP contribution in [0.1, 0.15) is 53.0 Å². The van der Waals surface area contributed by atoms with Gasteiger partial charge in [-0.25, -0.2) is 9.97 Å². The molecule has 0 saturated heterocycles. The molecular formula is C22H24N2O4. The van der Waals surface area contributed by atoms with Crippen LogP contribution in [-0.2, 0) is 10.8 Å². The lowest BCUT2D eigenvalue weighted by atomic mass is 9.85. The Morgan fingerprint density at radius 1 is 0.714 bits per heavy atom. The molecule has 4 aromatic rings. The van der Waals surface area contributed by atoms with E-state index in [9.17, 15) is 10.2 Å². The first-order valence-corrected chi connectivity index (χ1v) is 9.22. The van der Waals surface area contributed by atoms with Gasteiger partial charge in [0.25, 0.3) is 0 Å². The Kier molecular flexibility index (Phi) is 3.76. The number of phenolic OH excluding ortho intramolecular Hbond substituents is 2. The van der Waals surface area contributed by atoms with Crippen molar-refractivity contribution in [2.45, 2.75) is 52.4 Å². The van der Waals surface area contributed by atoms with Gasteiger partial charge in [-0.15, -0.1) is 0 Å². The Hall–Kier alpha value is -3.02. The molecule has 28 heavy (non-hydrogen) atoms. The van der Waals surface area contributed by atoms with Crippen LogP contribution < -0.4 is 0 Å². The van der Waals surface area contributed by atoms with Crippen LogP contribution in [0.2, 0.25) is 0 Å². The van der Waals surface area contributed by atoms with Gasteiger partial charge in [0.2, 0.25) is 11.8 Å². The van der Waals surface area contributed by atoms with Crippen molar-refractivity contribution in [3.63, 3.8) is 0 Å². The molecule has 0 aliphatic carbocycles. The number of nitrogens with zero attached hydrogens (tertiary/aromatic N) is 2. The van der Waals surface area contributed by atoms with Gasteiger partial charge in [-0.05, 0) is 23.6 Å². The van der Waals surface area contributed by atoms with Crippen molar-refractivity contribution < 1.29 is 19.0 Å². The molecule has 0 unspecified atom stereocenters. The van der Waals surface area contributed by atoms with Gasteiger partial charge in [0.15, 0.2) is 11.2 Å². The second-order valence-electron chi connectivity index (χ2n) is 9.21. The fourth-order valence-electron chi connectivity index (χ4n) is 3.13. The number of benzene rings is 2. The minimum Gasteiger partial charge on any atom is -0.508 e. The zero-order valence-electron chi connectivity index (χ0n) is 16.9. The largest absolute Gasteiger partial charge is 0.508 e. The van der Waals surface area contributed by atoms with E-state index in [1.165, 1.54) is 6.07 Å². The highest BCUT2D eigenvalue weighted by Crippen LogP contribution is 2.40. The third-order valence-corrected chi connectivity index (χ3v) is 4.69. The van der Waals surface area contributed by atoms with Crippen LogP contribution in [-0.4, -0.2) is 20.2 Å². The minimum absolute atomic E-state index is 0.00566. The molecule has 0 aliphatic heterocycles. The molecule has 0 amide bonds. The van der Waals surface area contributed by atoms with Crippen LogP contribution in [0.5, 0.6) is 11.5 Å². The number of hydrogen-bond acceptors (Lipinski definition) is 6. The molecule has 6 heteroatoms. The maximum atomic E-state index is 10.5. The zero-order valence-corrected chi connectivity index (χ0v) is 16.9. The fraction of sp³-hybridized carbons (Fsp3) is 0.364. The Morgan fingerprint density at radius 2 is 1.36 bits per heavy atom. The van der Waals surface area contributed by atoms with E-state index in [1.807, 2.05) is 41.5 Å². The quantitative estimate of drug-likeness (QED) is 0.415. The van der Waals surface area contributed by atoms with Crippen molar-refractivity contribution in [1.29, 1.82) is 0 Å². The van der Waals surface area contributed by atoms with Gasteiger partial charge >= 0.3 is 0 Å². The molecule has 0 atom stereocenters. The monoisotopic (exact) mass is 380 g/mol. The lowest BCUT2D eigenvalue weighted by Crippen LogP contribution is -2.11. The van der Waals surface area contributed by atoms with E-state index in [0.29, 0.717) is 39.2 Å². The summed E-state index contributed by atoms with van der Waals surface area (Å²) < 4.78 is 11.7. The molecular weight excluding hydrogens is 356 g/mol. The lowest BCUT2D eigenvalue weighted by molar-refractivity contribution is 0.411. The summed E-state index contributed by atoms with van der Waals surface area (Å²) in [5.74, 6) is 0.974. The van der Waals surface area contributed by atoms with Crippen LogP contribution in [0.15, 0.2) is 33.1 Å². The number of rotatable bonds is 1. The van der Waals surface area contributed by atoms with E-state index in [-0.39, 0.29) is 28.2 Å². The molecule has 2 N–H and O–H groups in total. The first kappa shape index (κ1) is 18.3. The second-order valence-corrected chi connectivity index (χ2v) is 9.21. The molecule has 0 spiro atoms. The van der Waals surface area contributed by atoms with Gasteiger partial charge in [0, 0.05) is 17.0 Å². The fourth-order valence-corrected chi connectivity index (χ4v) is 3.13. The number of phenols is 2. The van der Waals surface area contributed by atoms with E-state index >= 15 is 0 Å². The first-order chi connectivity index (χ1) is 12.9. The number of fused-ring (bicyclic) bond motifs is 2. The average Bonchev–Trinajstić information content (AvgIpc) is 3.15. The first-order valence-electron chi connectivity index (χ1n) is 9.22. The van der Waals surface area contributed by atoms with Crippen molar-refractivity contribution in [1.82, 2.24) is 9.97 Å². The number of aromatic hydroxyl groups is 2. The Labute approximate surface area is 162 Å². The van der Waals surface area contributed by atoms with Crippen molar-refractivity contribution in [3.8, 4) is 23.0 Å². The molecule has 4 rings (SSSR count). The maximum absolute atomic E-state index is 10.5. The van der Waals surface area contributed by atoms with Gasteiger partial charge < -0.3 is 19.0 Å². The summed E-state index contributed by atoms with van der Waals surface area (Å²) in [7, 11) is 0. The maximum Gasteiger partial charge on any atom is 0.231 e. The van der Waals surface area contributed by atoms with Gasteiger partial charge in [-0.3, -0.25) is 0 Å². The van der Waals surface area contributed by atoms with Gasteiger partial charge in [-0.1, -0.05) is 41.5 Å². The Balaban J connectivity index is 1.83. The van der Waals surface area contributed by atoms with E-state index in [2.05, 4.69) is 9.97 Å². The summed E-state index contributed by atoms with van der Waals surface area (Å²) in [4.78, 5) is 9.03. The molecule has 6 nitrogen and oxygen atoms in total. The predicted octanol–water partition coefficient (Wildman–Crippen LogP) is 5.64. The predicted molar refractivity (Wildman–Crippen MR) is 108 cm³/mol. The summed E-state index contributed by atoms with van der Waals surface area (Å²) in [5, 5.41) is 20.9. The van der Waals surface area contributed by atoms with Crippen LogP contribution in [0.25, 0.3) is 33.7 Å². The zero-order chi connectivity index (χ0) is 20.4. The molecule has 0 bridgehead atoms. The highest BCUT2D eigenvalue weighted by molar-refractivity contribution is 5.90. The second kappa shape index (κ2) is 5.74. The number of oxazole rings is 2. The highest BCUT2D eigenvalue weighted by Gasteiger charge is 2.24. The Bertz CT molecular complexity index is 1150. The van der Waals surface area contributed by atoms with Crippen LogP contribution >= 0.6 is 0 Å². The summed E-state index contributed by atoms with van der Waals surface area (Å²) in [6, 6.07) is 6.60. The minimum atomic E-state index is -0.303. The SMILES string of the molecule is CC(C)(C)c1nc2cc3nc(-c4cc(O)c(C(C)(C)C)cc4O)oc3cc2o1. The van der Waals surface area contributed by atoms with Crippen molar-refractivity contribution in [2.24, 2.45) is 0 Å². The third kappa shape index (κ3) is 2.99. The molecule has 2 aromatic carbocycles. The van der Waals surface area contributed by atoms with Gasteiger partial charge in [-0.2, -0.15) is 0 Å². The summed E-state index contributed by atoms with van der Waals surface area (Å²) in [6.07, 6.45) is 0. The van der Waals surface area contributed by atoms with E-state index < -0.39 is 0 Å². The van der Waals surface area contributed by atoms with E-state index in [1.54, 1.807) is 18.2 Å².